The van der Waals surface area contributed by atoms with Crippen molar-refractivity contribution < 1.29 is 8.78 Å². The summed E-state index contributed by atoms with van der Waals surface area (Å²) in [6, 6.07) is 2.82. The third-order valence-electron chi connectivity index (χ3n) is 2.96. The van der Waals surface area contributed by atoms with Crippen molar-refractivity contribution in [3.63, 3.8) is 0 Å². The highest BCUT2D eigenvalue weighted by Gasteiger charge is 2.28. The van der Waals surface area contributed by atoms with Crippen LogP contribution in [0.4, 0.5) is 8.78 Å². The minimum atomic E-state index is -0.497. The second kappa shape index (κ2) is 4.91. The molecule has 16 heavy (non-hydrogen) atoms. The summed E-state index contributed by atoms with van der Waals surface area (Å²) < 4.78 is 27.6. The van der Waals surface area contributed by atoms with Gasteiger partial charge >= 0.3 is 0 Å². The zero-order valence-electron chi connectivity index (χ0n) is 10.3. The van der Waals surface area contributed by atoms with Gasteiger partial charge in [0.05, 0.1) is 0 Å². The van der Waals surface area contributed by atoms with Crippen LogP contribution in [0.2, 0.25) is 0 Å². The van der Waals surface area contributed by atoms with Crippen molar-refractivity contribution >= 4 is 0 Å². The van der Waals surface area contributed by atoms with Crippen LogP contribution in [0.25, 0.3) is 0 Å². The Bertz CT molecular complexity index is 372. The molecule has 1 aromatic rings. The van der Waals surface area contributed by atoms with Gasteiger partial charge in [-0.3, -0.25) is 0 Å². The molecule has 1 nitrogen and oxygen atoms in total. The van der Waals surface area contributed by atoms with Gasteiger partial charge in [0.25, 0.3) is 0 Å². The summed E-state index contributed by atoms with van der Waals surface area (Å²) in [6.45, 7) is 6.13. The fraction of sp³-hybridized carbons (Fsp3) is 0.538. The van der Waals surface area contributed by atoms with Crippen LogP contribution in [-0.4, -0.2) is 13.6 Å². The van der Waals surface area contributed by atoms with Crippen LogP contribution in [0.3, 0.4) is 0 Å². The highest BCUT2D eigenvalue weighted by atomic mass is 19.1. The summed E-state index contributed by atoms with van der Waals surface area (Å²) >= 11 is 0. The van der Waals surface area contributed by atoms with Crippen molar-refractivity contribution in [1.82, 2.24) is 5.32 Å². The molecular weight excluding hydrogens is 208 g/mol. The average Bonchev–Trinajstić information content (AvgIpc) is 2.21. The first-order chi connectivity index (χ1) is 7.40. The zero-order chi connectivity index (χ0) is 12.3. The summed E-state index contributed by atoms with van der Waals surface area (Å²) in [6.07, 6.45) is 0.695. The van der Waals surface area contributed by atoms with Gasteiger partial charge in [0.1, 0.15) is 11.6 Å². The second-order valence-electron chi connectivity index (χ2n) is 4.79. The van der Waals surface area contributed by atoms with Gasteiger partial charge in [0.2, 0.25) is 0 Å². The Morgan fingerprint density at radius 1 is 1.25 bits per heavy atom. The van der Waals surface area contributed by atoms with Crippen LogP contribution < -0.4 is 5.32 Å². The fourth-order valence-electron chi connectivity index (χ4n) is 1.84. The molecule has 0 saturated carbocycles. The van der Waals surface area contributed by atoms with Crippen LogP contribution in [0.5, 0.6) is 0 Å². The number of halogens is 2. The first-order valence-electron chi connectivity index (χ1n) is 5.50. The number of hydrogen-bond acceptors (Lipinski definition) is 1. The first kappa shape index (κ1) is 13.1. The molecule has 0 bridgehead atoms. The van der Waals surface area contributed by atoms with Gasteiger partial charge in [0.15, 0.2) is 0 Å². The average molecular weight is 227 g/mol. The van der Waals surface area contributed by atoms with Gasteiger partial charge in [-0.2, -0.15) is 0 Å². The van der Waals surface area contributed by atoms with Gasteiger partial charge in [-0.05, 0) is 44.0 Å². The van der Waals surface area contributed by atoms with Gasteiger partial charge in [-0.15, -0.1) is 0 Å². The standard InChI is InChI=1S/C13H19F2N/c1-9-5-6-10(14)11(12(9)15)13(2,3)7-8-16-4/h5-6,16H,7-8H2,1-4H3. The monoisotopic (exact) mass is 227 g/mol. The SMILES string of the molecule is CNCCC(C)(C)c1c(F)ccc(C)c1F. The van der Waals surface area contributed by atoms with E-state index in [9.17, 15) is 8.78 Å². The van der Waals surface area contributed by atoms with E-state index < -0.39 is 17.0 Å². The summed E-state index contributed by atoms with van der Waals surface area (Å²) in [4.78, 5) is 0. The van der Waals surface area contributed by atoms with Crippen LogP contribution in [-0.2, 0) is 5.41 Å². The molecule has 0 fully saturated rings. The highest BCUT2D eigenvalue weighted by molar-refractivity contribution is 5.32. The van der Waals surface area contributed by atoms with Crippen LogP contribution in [0.15, 0.2) is 12.1 Å². The maximum atomic E-state index is 13.9. The van der Waals surface area contributed by atoms with E-state index >= 15 is 0 Å². The second-order valence-corrected chi connectivity index (χ2v) is 4.79. The Morgan fingerprint density at radius 3 is 2.44 bits per heavy atom. The smallest absolute Gasteiger partial charge is 0.132 e. The van der Waals surface area contributed by atoms with Crippen LogP contribution in [0.1, 0.15) is 31.4 Å². The Hall–Kier alpha value is -0.960. The molecule has 1 aromatic carbocycles. The number of rotatable bonds is 4. The quantitative estimate of drug-likeness (QED) is 0.833. The molecule has 0 aliphatic carbocycles. The van der Waals surface area contributed by atoms with Crippen LogP contribution in [0, 0.1) is 18.6 Å². The van der Waals surface area contributed by atoms with E-state index in [4.69, 9.17) is 0 Å². The molecule has 0 heterocycles. The maximum Gasteiger partial charge on any atom is 0.132 e. The topological polar surface area (TPSA) is 12.0 Å². The summed E-state index contributed by atoms with van der Waals surface area (Å²) in [5, 5.41) is 3.00. The molecular formula is C13H19F2N. The molecule has 0 amide bonds. The Labute approximate surface area is 95.9 Å². The molecule has 0 radical (unpaired) electrons. The molecule has 0 aromatic heterocycles. The fourth-order valence-corrected chi connectivity index (χ4v) is 1.84. The van der Waals surface area contributed by atoms with E-state index in [1.165, 1.54) is 12.1 Å². The van der Waals surface area contributed by atoms with E-state index in [1.807, 2.05) is 20.9 Å². The minimum absolute atomic E-state index is 0.197. The largest absolute Gasteiger partial charge is 0.320 e. The van der Waals surface area contributed by atoms with Gasteiger partial charge in [0, 0.05) is 5.56 Å². The first-order valence-corrected chi connectivity index (χ1v) is 5.50. The number of aryl methyl sites for hydroxylation is 1. The summed E-state index contributed by atoms with van der Waals surface area (Å²) in [7, 11) is 1.83. The third kappa shape index (κ3) is 2.59. The number of nitrogens with one attached hydrogen (secondary N) is 1. The van der Waals surface area contributed by atoms with Gasteiger partial charge in [-0.1, -0.05) is 19.9 Å². The normalized spacial score (nSPS) is 11.9. The third-order valence-corrected chi connectivity index (χ3v) is 2.96. The molecule has 1 N–H and O–H groups in total. The lowest BCUT2D eigenvalue weighted by atomic mass is 9.80. The maximum absolute atomic E-state index is 13.9. The Morgan fingerprint density at radius 2 is 1.88 bits per heavy atom. The van der Waals surface area contributed by atoms with Crippen molar-refractivity contribution in [2.75, 3.05) is 13.6 Å². The Balaban J connectivity index is 3.15. The number of hydrogen-bond donors (Lipinski definition) is 1. The van der Waals surface area contributed by atoms with E-state index in [-0.39, 0.29) is 5.56 Å². The molecule has 90 valence electrons. The number of benzene rings is 1. The van der Waals surface area contributed by atoms with E-state index in [2.05, 4.69) is 5.32 Å². The minimum Gasteiger partial charge on any atom is -0.320 e. The molecule has 0 unspecified atom stereocenters. The molecule has 0 spiro atoms. The van der Waals surface area contributed by atoms with E-state index in [0.717, 1.165) is 6.54 Å². The Kier molecular flexibility index (Phi) is 4.03. The van der Waals surface area contributed by atoms with Gasteiger partial charge in [-0.25, -0.2) is 8.78 Å². The van der Waals surface area contributed by atoms with Crippen molar-refractivity contribution in [1.29, 1.82) is 0 Å². The highest BCUT2D eigenvalue weighted by Crippen LogP contribution is 2.32. The predicted molar refractivity (Wildman–Crippen MR) is 62.7 cm³/mol. The van der Waals surface area contributed by atoms with Gasteiger partial charge < -0.3 is 5.32 Å². The molecule has 0 atom stereocenters. The zero-order valence-corrected chi connectivity index (χ0v) is 10.3. The van der Waals surface area contributed by atoms with E-state index in [0.29, 0.717) is 12.0 Å². The summed E-state index contributed by atoms with van der Waals surface area (Å²) in [5.41, 5.74) is 0.195. The predicted octanol–water partition coefficient (Wildman–Crippen LogP) is 3.16. The van der Waals surface area contributed by atoms with Crippen molar-refractivity contribution in [3.8, 4) is 0 Å². The molecule has 1 rings (SSSR count). The van der Waals surface area contributed by atoms with Crippen molar-refractivity contribution in [2.24, 2.45) is 0 Å². The lowest BCUT2D eigenvalue weighted by Gasteiger charge is -2.26. The van der Waals surface area contributed by atoms with Crippen molar-refractivity contribution in [2.45, 2.75) is 32.6 Å². The van der Waals surface area contributed by atoms with Crippen LogP contribution >= 0.6 is 0 Å². The molecule has 0 aliphatic rings. The molecule has 0 saturated heterocycles. The molecule has 3 heteroatoms. The lowest BCUT2D eigenvalue weighted by molar-refractivity contribution is 0.413. The van der Waals surface area contributed by atoms with Crippen molar-refractivity contribution in [3.05, 3.63) is 34.9 Å². The molecule has 0 aliphatic heterocycles. The lowest BCUT2D eigenvalue weighted by Crippen LogP contribution is -2.26. The van der Waals surface area contributed by atoms with E-state index in [1.54, 1.807) is 6.92 Å². The summed E-state index contributed by atoms with van der Waals surface area (Å²) in [5.74, 6) is -0.870.